The molecule has 0 aromatic carbocycles. The van der Waals surface area contributed by atoms with Crippen LogP contribution in [0.25, 0.3) is 0 Å². The highest BCUT2D eigenvalue weighted by atomic mass is 16.4. The molecule has 7 heteroatoms. The predicted molar refractivity (Wildman–Crippen MR) is 70.7 cm³/mol. The summed E-state index contributed by atoms with van der Waals surface area (Å²) >= 11 is 0. The molecule has 0 fully saturated rings. The topological polar surface area (TPSA) is 98.7 Å². The third kappa shape index (κ3) is 7.28. The number of carbonyl (C=O) groups excluding carboxylic acids is 2. The Labute approximate surface area is 113 Å². The average molecular weight is 273 g/mol. The molecule has 0 aliphatic heterocycles. The largest absolute Gasteiger partial charge is 0.481 e. The second-order valence-corrected chi connectivity index (χ2v) is 4.20. The Bertz CT molecular complexity index is 316. The van der Waals surface area contributed by atoms with Crippen LogP contribution in [0.2, 0.25) is 0 Å². The molecule has 0 aromatic rings. The van der Waals surface area contributed by atoms with E-state index in [1.807, 2.05) is 13.8 Å². The lowest BCUT2D eigenvalue weighted by Crippen LogP contribution is -2.44. The van der Waals surface area contributed by atoms with Crippen LogP contribution in [-0.4, -0.2) is 54.1 Å². The van der Waals surface area contributed by atoms with Crippen LogP contribution >= 0.6 is 0 Å². The third-order valence-corrected chi connectivity index (χ3v) is 2.80. The van der Waals surface area contributed by atoms with Crippen molar-refractivity contribution in [1.29, 1.82) is 0 Å². The number of nitrogens with one attached hydrogen (secondary N) is 2. The van der Waals surface area contributed by atoms with E-state index in [9.17, 15) is 14.4 Å². The molecular weight excluding hydrogens is 250 g/mol. The zero-order valence-corrected chi connectivity index (χ0v) is 11.7. The minimum Gasteiger partial charge on any atom is -0.481 e. The summed E-state index contributed by atoms with van der Waals surface area (Å²) in [6.07, 6.45) is 0.354. The lowest BCUT2D eigenvalue weighted by atomic mass is 10.1. The number of likely N-dealkylation sites (N-methyl/N-ethyl adjacent to an activating group) is 1. The van der Waals surface area contributed by atoms with Crippen LogP contribution in [-0.2, 0) is 9.59 Å². The van der Waals surface area contributed by atoms with Crippen LogP contribution in [0.1, 0.15) is 27.2 Å². The number of aliphatic carboxylic acids is 1. The number of rotatable bonds is 8. The van der Waals surface area contributed by atoms with Gasteiger partial charge in [-0.2, -0.15) is 0 Å². The van der Waals surface area contributed by atoms with Gasteiger partial charge in [0, 0.05) is 19.6 Å². The number of carbonyl (C=O) groups is 3. The fourth-order valence-corrected chi connectivity index (χ4v) is 1.43. The van der Waals surface area contributed by atoms with Crippen LogP contribution in [0.4, 0.5) is 4.79 Å². The van der Waals surface area contributed by atoms with E-state index < -0.39 is 17.9 Å². The van der Waals surface area contributed by atoms with E-state index in [4.69, 9.17) is 5.11 Å². The van der Waals surface area contributed by atoms with Gasteiger partial charge in [0.05, 0.1) is 12.5 Å². The fraction of sp³-hybridized carbons (Fsp3) is 0.750. The summed E-state index contributed by atoms with van der Waals surface area (Å²) in [5, 5.41) is 13.6. The Hall–Kier alpha value is -1.79. The highest BCUT2D eigenvalue weighted by molar-refractivity contribution is 5.83. The first kappa shape index (κ1) is 17.2. The van der Waals surface area contributed by atoms with E-state index in [0.29, 0.717) is 19.5 Å². The van der Waals surface area contributed by atoms with Crippen molar-refractivity contribution in [3.05, 3.63) is 0 Å². The van der Waals surface area contributed by atoms with Gasteiger partial charge < -0.3 is 20.6 Å². The standard InChI is InChI=1S/C12H23N3O4/c1-4-15(5-2)10(16)8-14-12(19)13-7-6-9(3)11(17)18/h9H,4-8H2,1-3H3,(H,17,18)(H2,13,14,19). The van der Waals surface area contributed by atoms with E-state index in [1.54, 1.807) is 11.8 Å². The first-order valence-corrected chi connectivity index (χ1v) is 6.44. The average Bonchev–Trinajstić information content (AvgIpc) is 2.37. The normalized spacial score (nSPS) is 11.5. The molecule has 0 aliphatic carbocycles. The Morgan fingerprint density at radius 3 is 2.21 bits per heavy atom. The minimum atomic E-state index is -0.890. The van der Waals surface area contributed by atoms with Crippen LogP contribution in [0.3, 0.4) is 0 Å². The van der Waals surface area contributed by atoms with Gasteiger partial charge in [0.25, 0.3) is 0 Å². The summed E-state index contributed by atoms with van der Waals surface area (Å²) in [6.45, 7) is 6.74. The van der Waals surface area contributed by atoms with Gasteiger partial charge in [-0.1, -0.05) is 6.92 Å². The summed E-state index contributed by atoms with van der Waals surface area (Å²) < 4.78 is 0. The van der Waals surface area contributed by atoms with E-state index >= 15 is 0 Å². The van der Waals surface area contributed by atoms with Gasteiger partial charge in [-0.25, -0.2) is 4.79 Å². The minimum absolute atomic E-state index is 0.0536. The smallest absolute Gasteiger partial charge is 0.315 e. The monoisotopic (exact) mass is 273 g/mol. The zero-order valence-electron chi connectivity index (χ0n) is 11.7. The van der Waals surface area contributed by atoms with Gasteiger partial charge in [0.15, 0.2) is 0 Å². The molecule has 0 spiro atoms. The molecule has 110 valence electrons. The highest BCUT2D eigenvalue weighted by Gasteiger charge is 2.12. The van der Waals surface area contributed by atoms with Gasteiger partial charge in [-0.15, -0.1) is 0 Å². The molecule has 0 heterocycles. The summed E-state index contributed by atoms with van der Waals surface area (Å²) in [6, 6.07) is -0.460. The van der Waals surface area contributed by atoms with Gasteiger partial charge in [-0.3, -0.25) is 9.59 Å². The summed E-state index contributed by atoms with van der Waals surface area (Å²) in [5.74, 6) is -1.53. The molecule has 0 rings (SSSR count). The first-order valence-electron chi connectivity index (χ1n) is 6.44. The number of amides is 3. The molecule has 1 atom stereocenters. The van der Waals surface area contributed by atoms with E-state index in [-0.39, 0.29) is 19.0 Å². The molecule has 3 N–H and O–H groups in total. The first-order chi connectivity index (χ1) is 8.92. The summed E-state index contributed by atoms with van der Waals surface area (Å²) in [7, 11) is 0. The highest BCUT2D eigenvalue weighted by Crippen LogP contribution is 1.99. The molecule has 0 radical (unpaired) electrons. The molecule has 0 aliphatic rings. The Balaban J connectivity index is 3.82. The van der Waals surface area contributed by atoms with Crippen molar-refractivity contribution >= 4 is 17.9 Å². The lowest BCUT2D eigenvalue weighted by molar-refractivity contribution is -0.141. The maximum Gasteiger partial charge on any atom is 0.315 e. The van der Waals surface area contributed by atoms with E-state index in [2.05, 4.69) is 10.6 Å². The SMILES string of the molecule is CCN(CC)C(=O)CNC(=O)NCCC(C)C(=O)O. The molecular formula is C12H23N3O4. The van der Waals surface area contributed by atoms with Crippen molar-refractivity contribution in [1.82, 2.24) is 15.5 Å². The fourth-order valence-electron chi connectivity index (χ4n) is 1.43. The van der Waals surface area contributed by atoms with E-state index in [1.165, 1.54) is 0 Å². The lowest BCUT2D eigenvalue weighted by Gasteiger charge is -2.18. The predicted octanol–water partition coefficient (Wildman–Crippen LogP) is 0.265. The van der Waals surface area contributed by atoms with Gasteiger partial charge in [0.2, 0.25) is 5.91 Å². The molecule has 19 heavy (non-hydrogen) atoms. The van der Waals surface area contributed by atoms with Crippen molar-refractivity contribution < 1.29 is 19.5 Å². The van der Waals surface area contributed by atoms with Crippen molar-refractivity contribution in [3.8, 4) is 0 Å². The van der Waals surface area contributed by atoms with Crippen molar-refractivity contribution in [3.63, 3.8) is 0 Å². The maximum atomic E-state index is 11.6. The quantitative estimate of drug-likeness (QED) is 0.591. The number of urea groups is 1. The number of carboxylic acid groups (broad SMARTS) is 1. The molecule has 0 aromatic heterocycles. The summed E-state index contributed by atoms with van der Waals surface area (Å²) in [5.41, 5.74) is 0. The third-order valence-electron chi connectivity index (χ3n) is 2.80. The number of hydrogen-bond acceptors (Lipinski definition) is 3. The molecule has 1 unspecified atom stereocenters. The van der Waals surface area contributed by atoms with Crippen molar-refractivity contribution in [2.75, 3.05) is 26.2 Å². The van der Waals surface area contributed by atoms with E-state index in [0.717, 1.165) is 0 Å². The second-order valence-electron chi connectivity index (χ2n) is 4.20. The van der Waals surface area contributed by atoms with Crippen molar-refractivity contribution in [2.24, 2.45) is 5.92 Å². The number of carboxylic acids is 1. The van der Waals surface area contributed by atoms with Crippen LogP contribution in [0, 0.1) is 5.92 Å². The summed E-state index contributed by atoms with van der Waals surface area (Å²) in [4.78, 5) is 35.1. The molecule has 0 saturated heterocycles. The van der Waals surface area contributed by atoms with Crippen LogP contribution in [0.15, 0.2) is 0 Å². The maximum absolute atomic E-state index is 11.6. The Morgan fingerprint density at radius 2 is 1.74 bits per heavy atom. The molecule has 3 amide bonds. The van der Waals surface area contributed by atoms with Gasteiger partial charge in [-0.05, 0) is 20.3 Å². The van der Waals surface area contributed by atoms with Crippen LogP contribution in [0.5, 0.6) is 0 Å². The van der Waals surface area contributed by atoms with Gasteiger partial charge >= 0.3 is 12.0 Å². The van der Waals surface area contributed by atoms with Crippen molar-refractivity contribution in [2.45, 2.75) is 27.2 Å². The zero-order chi connectivity index (χ0) is 14.8. The molecule has 0 saturated carbocycles. The Kier molecular flexibility index (Phi) is 8.32. The van der Waals surface area contributed by atoms with Gasteiger partial charge in [0.1, 0.15) is 0 Å². The number of nitrogens with zero attached hydrogens (tertiary/aromatic N) is 1. The van der Waals surface area contributed by atoms with Crippen LogP contribution < -0.4 is 10.6 Å². The Morgan fingerprint density at radius 1 is 1.16 bits per heavy atom. The second kappa shape index (κ2) is 9.18. The molecule has 7 nitrogen and oxygen atoms in total. The number of hydrogen-bond donors (Lipinski definition) is 3. The molecule has 0 bridgehead atoms.